The molecule has 62 valence electrons. The van der Waals surface area contributed by atoms with Crippen LogP contribution in [0.2, 0.25) is 0 Å². The number of hydrogen-bond donors (Lipinski definition) is 0. The Bertz CT molecular complexity index is 387. The second kappa shape index (κ2) is 4.01. The lowest BCUT2D eigenvalue weighted by Gasteiger charge is -1.88. The fourth-order valence-electron chi connectivity index (χ4n) is 1.07. The molecule has 2 aromatic heterocycles. The summed E-state index contributed by atoms with van der Waals surface area (Å²) < 4.78 is 3.17. The van der Waals surface area contributed by atoms with Crippen LogP contribution in [0.3, 0.4) is 0 Å². The van der Waals surface area contributed by atoms with Crippen molar-refractivity contribution in [1.29, 1.82) is 0 Å². The molecule has 0 aliphatic rings. The molecule has 0 unspecified atom stereocenters. The van der Waals surface area contributed by atoms with Gasteiger partial charge < -0.3 is 17.0 Å². The van der Waals surface area contributed by atoms with Crippen molar-refractivity contribution in [1.82, 2.24) is 0 Å². The van der Waals surface area contributed by atoms with Gasteiger partial charge in [0.1, 0.15) is 0 Å². The van der Waals surface area contributed by atoms with Gasteiger partial charge in [0.15, 0.2) is 12.4 Å². The van der Waals surface area contributed by atoms with Gasteiger partial charge in [-0.2, -0.15) is 4.40 Å². The Labute approximate surface area is 89.9 Å². The summed E-state index contributed by atoms with van der Waals surface area (Å²) in [6, 6.07) is 10.2. The number of rotatable bonds is 0. The zero-order valence-electron chi connectivity index (χ0n) is 6.24. The van der Waals surface area contributed by atoms with E-state index in [9.17, 15) is 0 Å². The van der Waals surface area contributed by atoms with Crippen LogP contribution in [0.4, 0.5) is 0 Å². The maximum absolute atomic E-state index is 3.41. The number of nitrogens with zero attached hydrogens (tertiary/aromatic N) is 1. The number of hydrogen-bond acceptors (Lipinski definition) is 0. The first-order valence-electron chi connectivity index (χ1n) is 3.42. The third-order valence-corrected chi connectivity index (χ3v) is 2.07. The predicted molar refractivity (Wildman–Crippen MR) is 47.3 cm³/mol. The van der Waals surface area contributed by atoms with E-state index >= 15 is 0 Å². The van der Waals surface area contributed by atoms with Crippen molar-refractivity contribution < 1.29 is 21.4 Å². The zero-order valence-corrected chi connectivity index (χ0v) is 9.42. The average Bonchev–Trinajstić information content (AvgIpc) is 2.04. The minimum atomic E-state index is 0. The highest BCUT2D eigenvalue weighted by Gasteiger charge is 1.98. The first-order valence-corrected chi connectivity index (χ1v) is 4.21. The summed E-state index contributed by atoms with van der Waals surface area (Å²) in [7, 11) is 0. The third-order valence-electron chi connectivity index (χ3n) is 1.60. The van der Waals surface area contributed by atoms with Crippen molar-refractivity contribution in [3.05, 3.63) is 47.2 Å². The largest absolute Gasteiger partial charge is 1.00 e. The van der Waals surface area contributed by atoms with Gasteiger partial charge in [-0.1, -0.05) is 0 Å². The molecule has 0 spiro atoms. The lowest BCUT2D eigenvalue weighted by Crippen LogP contribution is -3.00. The molecule has 0 saturated heterocycles. The Morgan fingerprint density at radius 1 is 1.08 bits per heavy atom. The molecule has 0 fully saturated rings. The van der Waals surface area contributed by atoms with Gasteiger partial charge in [-0.25, -0.2) is 0 Å². The van der Waals surface area contributed by atoms with Crippen LogP contribution in [0.1, 0.15) is 0 Å². The zero-order chi connectivity index (χ0) is 7.68. The first-order chi connectivity index (χ1) is 5.36. The Morgan fingerprint density at radius 3 is 2.75 bits per heavy atom. The molecule has 0 radical (unpaired) electrons. The summed E-state index contributed by atoms with van der Waals surface area (Å²) in [6.45, 7) is 0. The van der Waals surface area contributed by atoms with Crippen LogP contribution in [0.5, 0.6) is 0 Å². The Kier molecular flexibility index (Phi) is 3.23. The van der Waals surface area contributed by atoms with E-state index in [4.69, 9.17) is 0 Å². The lowest BCUT2D eigenvalue weighted by atomic mass is 10.3. The van der Waals surface area contributed by atoms with Crippen molar-refractivity contribution in [3.63, 3.8) is 0 Å². The second-order valence-corrected chi connectivity index (χ2v) is 3.30. The first kappa shape index (κ1) is 9.68. The molecule has 0 N–H and O–H groups in total. The van der Waals surface area contributed by atoms with E-state index in [2.05, 4.69) is 32.5 Å². The molecule has 2 aromatic rings. The molecule has 2 heterocycles. The van der Waals surface area contributed by atoms with Gasteiger partial charge in [0, 0.05) is 18.2 Å². The van der Waals surface area contributed by atoms with Gasteiger partial charge in [0.2, 0.25) is 5.52 Å². The number of fused-ring (bicyclic) bond motifs is 1. The molecule has 0 aromatic carbocycles. The Morgan fingerprint density at radius 2 is 1.92 bits per heavy atom. The van der Waals surface area contributed by atoms with Crippen LogP contribution < -0.4 is 21.4 Å². The molecule has 2 rings (SSSR count). The van der Waals surface area contributed by atoms with E-state index in [1.807, 2.05) is 30.6 Å². The highest BCUT2D eigenvalue weighted by atomic mass is 79.9. The molecule has 0 atom stereocenters. The molecule has 0 saturated carbocycles. The smallest absolute Gasteiger partial charge is 0.210 e. The molecular weight excluding hydrogens is 282 g/mol. The molecule has 0 amide bonds. The SMILES string of the molecule is Brc1ccc2cccc[n+]2c1.[Br-]. The van der Waals surface area contributed by atoms with Gasteiger partial charge in [0.05, 0.1) is 4.47 Å². The minimum absolute atomic E-state index is 0. The Hall–Kier alpha value is -0.410. The minimum Gasteiger partial charge on any atom is -1.00 e. The fraction of sp³-hybridized carbons (Fsp3) is 0. The van der Waals surface area contributed by atoms with E-state index < -0.39 is 0 Å². The van der Waals surface area contributed by atoms with Crippen molar-refractivity contribution in [2.45, 2.75) is 0 Å². The Balaban J connectivity index is 0.000000720. The average molecular weight is 289 g/mol. The molecule has 0 aliphatic heterocycles. The highest BCUT2D eigenvalue weighted by molar-refractivity contribution is 9.10. The van der Waals surface area contributed by atoms with Crippen LogP contribution in [0.15, 0.2) is 47.2 Å². The number of halogens is 2. The number of aromatic nitrogens is 1. The monoisotopic (exact) mass is 287 g/mol. The van der Waals surface area contributed by atoms with Gasteiger partial charge in [0.25, 0.3) is 0 Å². The number of pyridine rings is 2. The molecule has 0 aliphatic carbocycles. The summed E-state index contributed by atoms with van der Waals surface area (Å²) in [6.07, 6.45) is 4.06. The van der Waals surface area contributed by atoms with Gasteiger partial charge in [-0.05, 0) is 28.1 Å². The summed E-state index contributed by atoms with van der Waals surface area (Å²) in [4.78, 5) is 0. The summed E-state index contributed by atoms with van der Waals surface area (Å²) in [5.74, 6) is 0. The quantitative estimate of drug-likeness (QED) is 0.559. The highest BCUT2D eigenvalue weighted by Crippen LogP contribution is 2.06. The van der Waals surface area contributed by atoms with Crippen molar-refractivity contribution in [2.24, 2.45) is 0 Å². The summed E-state index contributed by atoms with van der Waals surface area (Å²) >= 11 is 3.41. The van der Waals surface area contributed by atoms with Crippen molar-refractivity contribution in [3.8, 4) is 0 Å². The lowest BCUT2D eigenvalue weighted by molar-refractivity contribution is -0.512. The predicted octanol–water partition coefficient (Wildman–Crippen LogP) is -0.808. The maximum atomic E-state index is 3.41. The third kappa shape index (κ3) is 1.84. The van der Waals surface area contributed by atoms with E-state index in [1.54, 1.807) is 0 Å². The van der Waals surface area contributed by atoms with Crippen LogP contribution in [-0.2, 0) is 0 Å². The molecule has 0 bridgehead atoms. The molecule has 3 heteroatoms. The maximum Gasteiger partial charge on any atom is 0.210 e. The fourth-order valence-corrected chi connectivity index (χ4v) is 1.42. The van der Waals surface area contributed by atoms with E-state index in [0.29, 0.717) is 0 Å². The van der Waals surface area contributed by atoms with Crippen molar-refractivity contribution in [2.75, 3.05) is 0 Å². The summed E-state index contributed by atoms with van der Waals surface area (Å²) in [5.41, 5.74) is 1.20. The molecule has 12 heavy (non-hydrogen) atoms. The topological polar surface area (TPSA) is 4.10 Å². The van der Waals surface area contributed by atoms with Crippen LogP contribution in [-0.4, -0.2) is 0 Å². The van der Waals surface area contributed by atoms with E-state index in [1.165, 1.54) is 5.52 Å². The van der Waals surface area contributed by atoms with Gasteiger partial charge in [-0.3, -0.25) is 0 Å². The van der Waals surface area contributed by atoms with Crippen LogP contribution in [0.25, 0.3) is 5.52 Å². The normalized spacial score (nSPS) is 9.42. The molecule has 1 nitrogen and oxygen atoms in total. The van der Waals surface area contributed by atoms with Crippen molar-refractivity contribution >= 4 is 21.4 Å². The van der Waals surface area contributed by atoms with Crippen LogP contribution >= 0.6 is 15.9 Å². The van der Waals surface area contributed by atoms with Gasteiger partial charge >= 0.3 is 0 Å². The molecular formula is C9H7Br2N. The van der Waals surface area contributed by atoms with Crippen LogP contribution in [0, 0.1) is 0 Å². The second-order valence-electron chi connectivity index (χ2n) is 2.38. The standard InChI is InChI=1S/C9H7BrN.BrH/c10-8-4-5-9-3-1-2-6-11(9)7-8;/h1-7H;1H/q+1;/p-1. The van der Waals surface area contributed by atoms with Gasteiger partial charge in [-0.15, -0.1) is 0 Å². The summed E-state index contributed by atoms with van der Waals surface area (Å²) in [5, 5.41) is 0. The van der Waals surface area contributed by atoms with E-state index in [0.717, 1.165) is 4.47 Å². The van der Waals surface area contributed by atoms with E-state index in [-0.39, 0.29) is 17.0 Å².